The lowest BCUT2D eigenvalue weighted by Gasteiger charge is -2.10. The van der Waals surface area contributed by atoms with Crippen LogP contribution < -0.4 is 19.5 Å². The molecule has 1 N–H and O–H groups in total. The Morgan fingerprint density at radius 2 is 1.85 bits per heavy atom. The van der Waals surface area contributed by atoms with E-state index in [-0.39, 0.29) is 5.57 Å². The third kappa shape index (κ3) is 5.51. The number of nitriles is 1. The second-order valence-corrected chi connectivity index (χ2v) is 5.54. The molecule has 0 spiro atoms. The van der Waals surface area contributed by atoms with Crippen LogP contribution in [-0.2, 0) is 11.3 Å². The first-order valence-electron chi connectivity index (χ1n) is 8.45. The van der Waals surface area contributed by atoms with Crippen LogP contribution in [0.1, 0.15) is 18.1 Å². The average Bonchev–Trinajstić information content (AvgIpc) is 2.71. The van der Waals surface area contributed by atoms with Gasteiger partial charge < -0.3 is 19.5 Å². The lowest BCUT2D eigenvalue weighted by Crippen LogP contribution is -2.23. The Balaban J connectivity index is 2.10. The minimum Gasteiger partial charge on any atom is -0.497 e. The third-order valence-electron chi connectivity index (χ3n) is 3.78. The predicted octanol–water partition coefficient (Wildman–Crippen LogP) is 3.33. The number of nitrogens with one attached hydrogen (secondary N) is 1. The molecular formula is C21H22N2O4. The van der Waals surface area contributed by atoms with Crippen LogP contribution >= 0.6 is 0 Å². The van der Waals surface area contributed by atoms with Gasteiger partial charge in [-0.05, 0) is 48.4 Å². The van der Waals surface area contributed by atoms with Crippen molar-refractivity contribution in [3.05, 3.63) is 59.2 Å². The number of benzene rings is 2. The van der Waals surface area contributed by atoms with Gasteiger partial charge in [-0.1, -0.05) is 18.2 Å². The molecule has 6 heteroatoms. The van der Waals surface area contributed by atoms with Gasteiger partial charge in [0.1, 0.15) is 17.4 Å². The third-order valence-corrected chi connectivity index (χ3v) is 3.78. The van der Waals surface area contributed by atoms with Crippen molar-refractivity contribution in [3.8, 4) is 23.3 Å². The van der Waals surface area contributed by atoms with Gasteiger partial charge in [-0.2, -0.15) is 5.26 Å². The molecule has 0 fully saturated rings. The van der Waals surface area contributed by atoms with Gasteiger partial charge in [-0.25, -0.2) is 0 Å². The minimum absolute atomic E-state index is 0.00900. The highest BCUT2D eigenvalue weighted by Crippen LogP contribution is 2.28. The molecule has 0 aliphatic heterocycles. The second kappa shape index (κ2) is 9.88. The monoisotopic (exact) mass is 366 g/mol. The number of hydrogen-bond acceptors (Lipinski definition) is 5. The van der Waals surface area contributed by atoms with Crippen molar-refractivity contribution >= 4 is 12.0 Å². The van der Waals surface area contributed by atoms with Crippen LogP contribution in [0.15, 0.2) is 48.0 Å². The van der Waals surface area contributed by atoms with Gasteiger partial charge in [0.25, 0.3) is 5.91 Å². The van der Waals surface area contributed by atoms with Gasteiger partial charge >= 0.3 is 0 Å². The SMILES string of the molecule is CCOc1ccc(/C=C(/C#N)C(=O)NCc2ccc(OC)cc2)cc1OC. The highest BCUT2D eigenvalue weighted by atomic mass is 16.5. The standard InChI is InChI=1S/C21H22N2O4/c1-4-27-19-10-7-16(12-20(19)26-3)11-17(13-22)21(24)23-14-15-5-8-18(25-2)9-6-15/h5-12H,4,14H2,1-3H3,(H,23,24)/b17-11-. The molecule has 0 aliphatic rings. The van der Waals surface area contributed by atoms with Crippen LogP contribution in [-0.4, -0.2) is 26.7 Å². The van der Waals surface area contributed by atoms with Crippen molar-refractivity contribution in [2.45, 2.75) is 13.5 Å². The van der Waals surface area contributed by atoms with E-state index < -0.39 is 5.91 Å². The van der Waals surface area contributed by atoms with Crippen molar-refractivity contribution in [3.63, 3.8) is 0 Å². The van der Waals surface area contributed by atoms with Crippen LogP contribution in [0, 0.1) is 11.3 Å². The molecule has 1 amide bonds. The molecule has 6 nitrogen and oxygen atoms in total. The lowest BCUT2D eigenvalue weighted by atomic mass is 10.1. The van der Waals surface area contributed by atoms with Crippen LogP contribution in [0.2, 0.25) is 0 Å². The van der Waals surface area contributed by atoms with Crippen LogP contribution in [0.5, 0.6) is 17.2 Å². The summed E-state index contributed by atoms with van der Waals surface area (Å²) >= 11 is 0. The quantitative estimate of drug-likeness (QED) is 0.572. The molecule has 27 heavy (non-hydrogen) atoms. The fourth-order valence-electron chi connectivity index (χ4n) is 2.38. The Labute approximate surface area is 159 Å². The summed E-state index contributed by atoms with van der Waals surface area (Å²) in [4.78, 5) is 12.3. The molecule has 0 saturated heterocycles. The summed E-state index contributed by atoms with van der Waals surface area (Å²) in [5, 5.41) is 12.1. The van der Waals surface area contributed by atoms with E-state index in [1.807, 2.05) is 37.3 Å². The van der Waals surface area contributed by atoms with Crippen molar-refractivity contribution in [2.75, 3.05) is 20.8 Å². The van der Waals surface area contributed by atoms with Crippen molar-refractivity contribution in [2.24, 2.45) is 0 Å². The maximum Gasteiger partial charge on any atom is 0.262 e. The first kappa shape index (κ1) is 19.9. The highest BCUT2D eigenvalue weighted by molar-refractivity contribution is 6.01. The molecular weight excluding hydrogens is 344 g/mol. The number of nitrogens with zero attached hydrogens (tertiary/aromatic N) is 1. The van der Waals surface area contributed by atoms with E-state index in [2.05, 4.69) is 5.32 Å². The van der Waals surface area contributed by atoms with Crippen LogP contribution in [0.25, 0.3) is 6.08 Å². The molecule has 0 bridgehead atoms. The maximum absolute atomic E-state index is 12.3. The maximum atomic E-state index is 12.3. The zero-order valence-electron chi connectivity index (χ0n) is 15.6. The molecule has 0 saturated carbocycles. The largest absolute Gasteiger partial charge is 0.497 e. The normalized spacial score (nSPS) is 10.7. The number of amides is 1. The molecule has 140 valence electrons. The molecule has 0 heterocycles. The summed E-state index contributed by atoms with van der Waals surface area (Å²) in [7, 11) is 3.13. The molecule has 0 aliphatic carbocycles. The molecule has 0 aromatic heterocycles. The van der Waals surface area contributed by atoms with Crippen molar-refractivity contribution in [1.82, 2.24) is 5.32 Å². The Bertz CT molecular complexity index is 851. The summed E-state index contributed by atoms with van der Waals surface area (Å²) in [6.07, 6.45) is 1.52. The number of methoxy groups -OCH3 is 2. The molecule has 0 unspecified atom stereocenters. The lowest BCUT2D eigenvalue weighted by molar-refractivity contribution is -0.117. The zero-order valence-corrected chi connectivity index (χ0v) is 15.6. The zero-order chi connectivity index (χ0) is 19.6. The topological polar surface area (TPSA) is 80.6 Å². The van der Waals surface area contributed by atoms with Gasteiger partial charge in [0.15, 0.2) is 11.5 Å². The van der Waals surface area contributed by atoms with Gasteiger partial charge in [-0.3, -0.25) is 4.79 Å². The molecule has 2 aromatic rings. The summed E-state index contributed by atoms with van der Waals surface area (Å²) in [5.74, 6) is 1.45. The Hall–Kier alpha value is -3.46. The molecule has 2 rings (SSSR count). The predicted molar refractivity (Wildman–Crippen MR) is 103 cm³/mol. The Kier molecular flexibility index (Phi) is 7.26. The van der Waals surface area contributed by atoms with E-state index in [1.165, 1.54) is 13.2 Å². The van der Waals surface area contributed by atoms with E-state index in [4.69, 9.17) is 14.2 Å². The number of carbonyl (C=O) groups is 1. The first-order chi connectivity index (χ1) is 13.1. The van der Waals surface area contributed by atoms with Gasteiger partial charge in [0.05, 0.1) is 20.8 Å². The summed E-state index contributed by atoms with van der Waals surface area (Å²) < 4.78 is 15.9. The number of carbonyl (C=O) groups excluding carboxylic acids is 1. The molecule has 2 aromatic carbocycles. The summed E-state index contributed by atoms with van der Waals surface area (Å²) in [6, 6.07) is 14.5. The van der Waals surface area contributed by atoms with Gasteiger partial charge in [0.2, 0.25) is 0 Å². The first-order valence-corrected chi connectivity index (χ1v) is 8.45. The van der Waals surface area contributed by atoms with Gasteiger partial charge in [0, 0.05) is 6.54 Å². The van der Waals surface area contributed by atoms with Crippen LogP contribution in [0.4, 0.5) is 0 Å². The second-order valence-electron chi connectivity index (χ2n) is 5.54. The highest BCUT2D eigenvalue weighted by Gasteiger charge is 2.10. The van der Waals surface area contributed by atoms with Gasteiger partial charge in [-0.15, -0.1) is 0 Å². The van der Waals surface area contributed by atoms with E-state index in [0.29, 0.717) is 30.2 Å². The number of hydrogen-bond donors (Lipinski definition) is 1. The van der Waals surface area contributed by atoms with Crippen LogP contribution in [0.3, 0.4) is 0 Å². The summed E-state index contributed by atoms with van der Waals surface area (Å²) in [5.41, 5.74) is 1.59. The smallest absolute Gasteiger partial charge is 0.262 e. The molecule has 0 radical (unpaired) electrons. The fraction of sp³-hybridized carbons (Fsp3) is 0.238. The Morgan fingerprint density at radius 3 is 2.44 bits per heavy atom. The summed E-state index contributed by atoms with van der Waals surface area (Å²) in [6.45, 7) is 2.71. The van der Waals surface area contributed by atoms with Crippen molar-refractivity contribution < 1.29 is 19.0 Å². The molecule has 0 atom stereocenters. The fourth-order valence-corrected chi connectivity index (χ4v) is 2.38. The average molecular weight is 366 g/mol. The number of rotatable bonds is 8. The van der Waals surface area contributed by atoms with E-state index in [1.54, 1.807) is 25.3 Å². The van der Waals surface area contributed by atoms with E-state index >= 15 is 0 Å². The van der Waals surface area contributed by atoms with E-state index in [9.17, 15) is 10.1 Å². The minimum atomic E-state index is -0.443. The number of ether oxygens (including phenoxy) is 3. The van der Waals surface area contributed by atoms with E-state index in [0.717, 1.165) is 11.3 Å². The Morgan fingerprint density at radius 1 is 1.11 bits per heavy atom. The van der Waals surface area contributed by atoms with Crippen molar-refractivity contribution in [1.29, 1.82) is 5.26 Å².